The number of hydrogen-bond donors (Lipinski definition) is 1. The highest BCUT2D eigenvalue weighted by Gasteiger charge is 2.26. The van der Waals surface area contributed by atoms with Crippen molar-refractivity contribution in [1.82, 2.24) is 25.2 Å². The summed E-state index contributed by atoms with van der Waals surface area (Å²) in [4.78, 5) is 17.0. The van der Waals surface area contributed by atoms with Gasteiger partial charge >= 0.3 is 0 Å². The van der Waals surface area contributed by atoms with Crippen molar-refractivity contribution in [2.45, 2.75) is 20.4 Å². The quantitative estimate of drug-likeness (QED) is 0.791. The molecule has 0 spiro atoms. The number of piperazine rings is 1. The van der Waals surface area contributed by atoms with Gasteiger partial charge in [0.25, 0.3) is 5.91 Å². The van der Waals surface area contributed by atoms with E-state index in [4.69, 9.17) is 4.52 Å². The molecule has 1 amide bonds. The molecule has 0 bridgehead atoms. The van der Waals surface area contributed by atoms with Crippen molar-refractivity contribution < 1.29 is 9.32 Å². The molecule has 0 saturated carbocycles. The Morgan fingerprint density at radius 1 is 1.20 bits per heavy atom. The van der Waals surface area contributed by atoms with Crippen LogP contribution in [-0.2, 0) is 6.54 Å². The van der Waals surface area contributed by atoms with Gasteiger partial charge in [-0.2, -0.15) is 5.10 Å². The highest BCUT2D eigenvalue weighted by Crippen LogP contribution is 2.19. The lowest BCUT2D eigenvalue weighted by Gasteiger charge is -2.34. The van der Waals surface area contributed by atoms with Gasteiger partial charge in [-0.25, -0.2) is 0 Å². The lowest BCUT2D eigenvalue weighted by molar-refractivity contribution is 0.0623. The Hall–Kier alpha value is -2.67. The molecular formula is C18H21N5O2. The van der Waals surface area contributed by atoms with Gasteiger partial charge in [0.1, 0.15) is 5.76 Å². The lowest BCUT2D eigenvalue weighted by Crippen LogP contribution is -2.48. The Labute approximate surface area is 145 Å². The zero-order valence-corrected chi connectivity index (χ0v) is 14.5. The van der Waals surface area contributed by atoms with Crippen molar-refractivity contribution in [1.29, 1.82) is 0 Å². The molecule has 0 aliphatic carbocycles. The number of nitrogens with zero attached hydrogens (tertiary/aromatic N) is 4. The molecule has 2 aromatic heterocycles. The standard InChI is InChI=1S/C18H21N5O2/c1-12-15(13(2)25-21-12)11-22-7-9-23(10-8-22)18(24)17-14-5-3-4-6-16(14)19-20-17/h3-6H,7-11H2,1-2H3,(H,19,20). The fourth-order valence-electron chi connectivity index (χ4n) is 3.34. The van der Waals surface area contributed by atoms with E-state index in [1.165, 1.54) is 0 Å². The SMILES string of the molecule is Cc1noc(C)c1CN1CCN(C(=O)c2n[nH]c3ccccc23)CC1. The Balaban J connectivity index is 1.42. The van der Waals surface area contributed by atoms with Gasteiger partial charge in [-0.1, -0.05) is 23.4 Å². The Kier molecular flexibility index (Phi) is 4.01. The van der Waals surface area contributed by atoms with Crippen LogP contribution < -0.4 is 0 Å². The number of nitrogens with one attached hydrogen (secondary N) is 1. The molecule has 7 heteroatoms. The molecule has 1 N–H and O–H groups in total. The van der Waals surface area contributed by atoms with E-state index in [1.54, 1.807) is 0 Å². The molecule has 1 saturated heterocycles. The number of fused-ring (bicyclic) bond motifs is 1. The van der Waals surface area contributed by atoms with Gasteiger partial charge in [0.2, 0.25) is 0 Å². The first-order valence-electron chi connectivity index (χ1n) is 8.50. The summed E-state index contributed by atoms with van der Waals surface area (Å²) in [6.07, 6.45) is 0. The van der Waals surface area contributed by atoms with Crippen LogP contribution in [0.1, 0.15) is 27.5 Å². The monoisotopic (exact) mass is 339 g/mol. The third-order valence-corrected chi connectivity index (χ3v) is 4.90. The van der Waals surface area contributed by atoms with Crippen LogP contribution in [-0.4, -0.2) is 57.2 Å². The van der Waals surface area contributed by atoms with E-state index >= 15 is 0 Å². The molecular weight excluding hydrogens is 318 g/mol. The summed E-state index contributed by atoms with van der Waals surface area (Å²) in [5, 5.41) is 12.0. The van der Waals surface area contributed by atoms with E-state index in [0.29, 0.717) is 18.8 Å². The lowest BCUT2D eigenvalue weighted by atomic mass is 10.1. The first kappa shape index (κ1) is 15.8. The maximum absolute atomic E-state index is 12.8. The molecule has 1 aromatic carbocycles. The number of aryl methyl sites for hydroxylation is 2. The molecule has 0 atom stereocenters. The first-order valence-corrected chi connectivity index (χ1v) is 8.50. The predicted octanol–water partition coefficient (Wildman–Crippen LogP) is 2.13. The van der Waals surface area contributed by atoms with Crippen molar-refractivity contribution >= 4 is 16.8 Å². The van der Waals surface area contributed by atoms with E-state index < -0.39 is 0 Å². The number of aromatic amines is 1. The number of hydrogen-bond acceptors (Lipinski definition) is 5. The van der Waals surface area contributed by atoms with E-state index in [9.17, 15) is 4.79 Å². The second kappa shape index (κ2) is 6.33. The number of aromatic nitrogens is 3. The van der Waals surface area contributed by atoms with Gasteiger partial charge in [-0.15, -0.1) is 0 Å². The van der Waals surface area contributed by atoms with Crippen molar-refractivity contribution in [3.05, 3.63) is 47.0 Å². The largest absolute Gasteiger partial charge is 0.361 e. The fraction of sp³-hybridized carbons (Fsp3) is 0.389. The van der Waals surface area contributed by atoms with Gasteiger partial charge < -0.3 is 9.42 Å². The average molecular weight is 339 g/mol. The fourth-order valence-corrected chi connectivity index (χ4v) is 3.34. The second-order valence-corrected chi connectivity index (χ2v) is 6.49. The topological polar surface area (TPSA) is 78.3 Å². The van der Waals surface area contributed by atoms with Gasteiger partial charge in [0.05, 0.1) is 11.2 Å². The Bertz CT molecular complexity index is 886. The summed E-state index contributed by atoms with van der Waals surface area (Å²) in [7, 11) is 0. The van der Waals surface area contributed by atoms with Crippen molar-refractivity contribution in [2.24, 2.45) is 0 Å². The first-order chi connectivity index (χ1) is 12.1. The van der Waals surface area contributed by atoms with Crippen LogP contribution in [0, 0.1) is 13.8 Å². The summed E-state index contributed by atoms with van der Waals surface area (Å²) in [5.74, 6) is 0.869. The van der Waals surface area contributed by atoms with Crippen LogP contribution in [0.4, 0.5) is 0 Å². The Morgan fingerprint density at radius 3 is 2.68 bits per heavy atom. The number of carbonyl (C=O) groups is 1. The molecule has 4 rings (SSSR count). The number of carbonyl (C=O) groups excluding carboxylic acids is 1. The average Bonchev–Trinajstić information content (AvgIpc) is 3.20. The van der Waals surface area contributed by atoms with Crippen molar-refractivity contribution in [3.63, 3.8) is 0 Å². The van der Waals surface area contributed by atoms with Crippen LogP contribution in [0.5, 0.6) is 0 Å². The Morgan fingerprint density at radius 2 is 1.96 bits per heavy atom. The molecule has 25 heavy (non-hydrogen) atoms. The molecule has 130 valence electrons. The highest BCUT2D eigenvalue weighted by molar-refractivity contribution is 6.04. The summed E-state index contributed by atoms with van der Waals surface area (Å²) < 4.78 is 5.23. The normalized spacial score (nSPS) is 15.8. The number of rotatable bonds is 3. The zero-order chi connectivity index (χ0) is 17.4. The van der Waals surface area contributed by atoms with Gasteiger partial charge in [0.15, 0.2) is 5.69 Å². The summed E-state index contributed by atoms with van der Waals surface area (Å²) >= 11 is 0. The molecule has 0 unspecified atom stereocenters. The van der Waals surface area contributed by atoms with Crippen molar-refractivity contribution in [3.8, 4) is 0 Å². The molecule has 0 radical (unpaired) electrons. The van der Waals surface area contributed by atoms with Crippen LogP contribution in [0.15, 0.2) is 28.8 Å². The van der Waals surface area contributed by atoms with Crippen LogP contribution in [0.2, 0.25) is 0 Å². The third-order valence-electron chi connectivity index (χ3n) is 4.90. The number of para-hydroxylation sites is 1. The number of benzene rings is 1. The summed E-state index contributed by atoms with van der Waals surface area (Å²) in [6.45, 7) is 7.78. The van der Waals surface area contributed by atoms with Gasteiger partial charge in [-0.3, -0.25) is 14.8 Å². The van der Waals surface area contributed by atoms with Crippen LogP contribution in [0.3, 0.4) is 0 Å². The number of H-pyrrole nitrogens is 1. The minimum absolute atomic E-state index is 0.00515. The summed E-state index contributed by atoms with van der Waals surface area (Å²) in [6, 6.07) is 7.72. The predicted molar refractivity (Wildman–Crippen MR) is 93.3 cm³/mol. The molecule has 1 aliphatic rings. The maximum Gasteiger partial charge on any atom is 0.275 e. The van der Waals surface area contributed by atoms with Gasteiger partial charge in [-0.05, 0) is 19.9 Å². The molecule has 1 fully saturated rings. The highest BCUT2D eigenvalue weighted by atomic mass is 16.5. The van der Waals surface area contributed by atoms with E-state index in [2.05, 4.69) is 20.3 Å². The van der Waals surface area contributed by atoms with E-state index in [1.807, 2.05) is 43.0 Å². The minimum Gasteiger partial charge on any atom is -0.361 e. The molecule has 7 nitrogen and oxygen atoms in total. The molecule has 3 heterocycles. The van der Waals surface area contributed by atoms with E-state index in [-0.39, 0.29) is 5.91 Å². The smallest absolute Gasteiger partial charge is 0.275 e. The van der Waals surface area contributed by atoms with Gasteiger partial charge in [0, 0.05) is 43.7 Å². The maximum atomic E-state index is 12.8. The minimum atomic E-state index is -0.00515. The van der Waals surface area contributed by atoms with Crippen LogP contribution >= 0.6 is 0 Å². The molecule has 1 aliphatic heterocycles. The van der Waals surface area contributed by atoms with Crippen molar-refractivity contribution in [2.75, 3.05) is 26.2 Å². The zero-order valence-electron chi connectivity index (χ0n) is 14.5. The second-order valence-electron chi connectivity index (χ2n) is 6.49. The summed E-state index contributed by atoms with van der Waals surface area (Å²) in [5.41, 5.74) is 3.50. The third kappa shape index (κ3) is 2.91. The molecule has 3 aromatic rings. The van der Waals surface area contributed by atoms with E-state index in [0.717, 1.165) is 47.6 Å². The van der Waals surface area contributed by atoms with Crippen LogP contribution in [0.25, 0.3) is 10.9 Å². The number of amides is 1.